The minimum atomic E-state index is -1.23. The van der Waals surface area contributed by atoms with Crippen LogP contribution in [-0.2, 0) is 6.42 Å². The average molecular weight is 332 g/mol. The third kappa shape index (κ3) is 2.28. The SMILES string of the molecule is Cc1ccc2c(n1)[N]C=C2Cc1nc2c(F)c(F)cc(F)c2s1. The van der Waals surface area contributed by atoms with Crippen molar-refractivity contribution >= 4 is 32.9 Å². The highest BCUT2D eigenvalue weighted by Crippen LogP contribution is 2.34. The molecule has 1 radical (unpaired) electrons. The van der Waals surface area contributed by atoms with Crippen molar-refractivity contribution in [1.29, 1.82) is 0 Å². The molecule has 0 unspecified atom stereocenters. The fourth-order valence-electron chi connectivity index (χ4n) is 2.51. The Morgan fingerprint density at radius 2 is 1.91 bits per heavy atom. The van der Waals surface area contributed by atoms with E-state index in [9.17, 15) is 13.2 Å². The number of benzene rings is 1. The molecule has 4 rings (SSSR count). The summed E-state index contributed by atoms with van der Waals surface area (Å²) in [5.41, 5.74) is 2.34. The van der Waals surface area contributed by atoms with Gasteiger partial charge in [-0.2, -0.15) is 0 Å². The molecule has 3 nitrogen and oxygen atoms in total. The third-order valence-electron chi connectivity index (χ3n) is 3.60. The van der Waals surface area contributed by atoms with E-state index in [1.807, 2.05) is 19.1 Å². The van der Waals surface area contributed by atoms with Crippen molar-refractivity contribution in [2.75, 3.05) is 0 Å². The van der Waals surface area contributed by atoms with E-state index in [2.05, 4.69) is 15.3 Å². The smallest absolute Gasteiger partial charge is 0.186 e. The second-order valence-electron chi connectivity index (χ2n) is 5.22. The van der Waals surface area contributed by atoms with E-state index in [4.69, 9.17) is 0 Å². The average Bonchev–Trinajstić information content (AvgIpc) is 3.10. The van der Waals surface area contributed by atoms with Crippen LogP contribution in [0.5, 0.6) is 0 Å². The van der Waals surface area contributed by atoms with Crippen molar-refractivity contribution in [2.24, 2.45) is 0 Å². The molecule has 0 saturated heterocycles. The maximum absolute atomic E-state index is 13.8. The summed E-state index contributed by atoms with van der Waals surface area (Å²) in [6.45, 7) is 1.88. The topological polar surface area (TPSA) is 39.9 Å². The second-order valence-corrected chi connectivity index (χ2v) is 6.31. The summed E-state index contributed by atoms with van der Waals surface area (Å²) in [6, 6.07) is 4.33. The first kappa shape index (κ1) is 14.2. The van der Waals surface area contributed by atoms with Crippen LogP contribution in [0.2, 0.25) is 0 Å². The van der Waals surface area contributed by atoms with E-state index in [0.29, 0.717) is 23.3 Å². The van der Waals surface area contributed by atoms with Gasteiger partial charge in [0.1, 0.15) is 11.3 Å². The molecule has 2 aromatic heterocycles. The Bertz CT molecular complexity index is 978. The van der Waals surface area contributed by atoms with E-state index >= 15 is 0 Å². The van der Waals surface area contributed by atoms with Gasteiger partial charge in [-0.05, 0) is 24.6 Å². The van der Waals surface area contributed by atoms with E-state index < -0.39 is 17.5 Å². The quantitative estimate of drug-likeness (QED) is 0.658. The van der Waals surface area contributed by atoms with Crippen LogP contribution in [0.15, 0.2) is 24.4 Å². The van der Waals surface area contributed by atoms with E-state index in [1.165, 1.54) is 0 Å². The summed E-state index contributed by atoms with van der Waals surface area (Å²) in [6.07, 6.45) is 2.04. The van der Waals surface area contributed by atoms with Crippen LogP contribution in [0.25, 0.3) is 15.8 Å². The van der Waals surface area contributed by atoms with E-state index in [0.717, 1.165) is 28.2 Å². The molecule has 0 aliphatic carbocycles. The Morgan fingerprint density at radius 1 is 1.09 bits per heavy atom. The van der Waals surface area contributed by atoms with E-state index in [1.54, 1.807) is 6.20 Å². The second kappa shape index (κ2) is 5.06. The highest BCUT2D eigenvalue weighted by molar-refractivity contribution is 7.18. The molecule has 1 aliphatic heterocycles. The lowest BCUT2D eigenvalue weighted by molar-refractivity contribution is 0.504. The highest BCUT2D eigenvalue weighted by Gasteiger charge is 2.21. The third-order valence-corrected chi connectivity index (χ3v) is 4.67. The van der Waals surface area contributed by atoms with Gasteiger partial charge in [0.25, 0.3) is 0 Å². The van der Waals surface area contributed by atoms with Gasteiger partial charge in [0, 0.05) is 29.9 Å². The van der Waals surface area contributed by atoms with Gasteiger partial charge in [-0.3, -0.25) is 0 Å². The predicted octanol–water partition coefficient (Wildman–Crippen LogP) is 4.25. The molecule has 23 heavy (non-hydrogen) atoms. The lowest BCUT2D eigenvalue weighted by Gasteiger charge is -2.02. The minimum absolute atomic E-state index is 0.0247. The number of rotatable bonds is 2. The number of hydrogen-bond donors (Lipinski definition) is 0. The Hall–Kier alpha value is -2.41. The van der Waals surface area contributed by atoms with E-state index in [-0.39, 0.29) is 10.2 Å². The maximum atomic E-state index is 13.8. The number of nitrogens with zero attached hydrogens (tertiary/aromatic N) is 3. The molecular formula is C16H9F3N3S. The maximum Gasteiger partial charge on any atom is 0.186 e. The molecule has 0 spiro atoms. The summed E-state index contributed by atoms with van der Waals surface area (Å²) in [7, 11) is 0. The first-order chi connectivity index (χ1) is 11.0. The number of halogens is 3. The molecule has 3 heterocycles. The zero-order valence-electron chi connectivity index (χ0n) is 11.9. The normalized spacial score (nSPS) is 13.1. The molecule has 1 aliphatic rings. The Balaban J connectivity index is 1.73. The van der Waals surface area contributed by atoms with Crippen LogP contribution >= 0.6 is 11.3 Å². The largest absolute Gasteiger partial charge is 0.238 e. The number of hydrogen-bond acceptors (Lipinski definition) is 3. The number of allylic oxidation sites excluding steroid dienone is 1. The fraction of sp³-hybridized carbons (Fsp3) is 0.125. The number of fused-ring (bicyclic) bond motifs is 2. The summed E-state index contributed by atoms with van der Waals surface area (Å²) < 4.78 is 40.8. The lowest BCUT2D eigenvalue weighted by atomic mass is 10.1. The summed E-state index contributed by atoms with van der Waals surface area (Å²) in [5, 5.41) is 4.73. The van der Waals surface area contributed by atoms with Crippen molar-refractivity contribution in [2.45, 2.75) is 13.3 Å². The van der Waals surface area contributed by atoms with Crippen molar-refractivity contribution in [3.8, 4) is 0 Å². The number of aromatic nitrogens is 2. The highest BCUT2D eigenvalue weighted by atomic mass is 32.1. The van der Waals surface area contributed by atoms with Crippen LogP contribution in [0, 0.1) is 24.4 Å². The summed E-state index contributed by atoms with van der Waals surface area (Å²) in [5.74, 6) is -2.52. The monoisotopic (exact) mass is 332 g/mol. The molecule has 115 valence electrons. The standard InChI is InChI=1S/C16H9F3N3S/c1-7-2-3-9-8(6-20-16(9)21-7)4-12-22-14-13(19)10(17)5-11(18)15(14)23-12/h2-3,5-6H,4H2,1H3. The zero-order chi connectivity index (χ0) is 16.1. The Labute approximate surface area is 133 Å². The van der Waals surface area contributed by atoms with Crippen LogP contribution in [-0.4, -0.2) is 9.97 Å². The zero-order valence-corrected chi connectivity index (χ0v) is 12.7. The predicted molar refractivity (Wildman–Crippen MR) is 81.9 cm³/mol. The van der Waals surface area contributed by atoms with Crippen LogP contribution in [0.4, 0.5) is 19.0 Å². The number of aryl methyl sites for hydroxylation is 1. The first-order valence-corrected chi connectivity index (χ1v) is 7.65. The van der Waals surface area contributed by atoms with Crippen LogP contribution in [0.3, 0.4) is 0 Å². The molecule has 0 N–H and O–H groups in total. The van der Waals surface area contributed by atoms with Gasteiger partial charge < -0.3 is 0 Å². The summed E-state index contributed by atoms with van der Waals surface area (Å²) in [4.78, 5) is 8.37. The molecule has 1 aromatic carbocycles. The van der Waals surface area contributed by atoms with Crippen LogP contribution in [0.1, 0.15) is 16.3 Å². The molecule has 7 heteroatoms. The number of thiazole rings is 1. The molecule has 0 atom stereocenters. The van der Waals surface area contributed by atoms with Gasteiger partial charge in [-0.15, -0.1) is 11.3 Å². The van der Waals surface area contributed by atoms with Gasteiger partial charge in [0.15, 0.2) is 17.5 Å². The molecular weight excluding hydrogens is 323 g/mol. The van der Waals surface area contributed by atoms with Gasteiger partial charge in [0.05, 0.1) is 9.71 Å². The van der Waals surface area contributed by atoms with Crippen LogP contribution < -0.4 is 5.32 Å². The van der Waals surface area contributed by atoms with Gasteiger partial charge in [0.2, 0.25) is 0 Å². The molecule has 0 bridgehead atoms. The minimum Gasteiger partial charge on any atom is -0.238 e. The fourth-order valence-corrected chi connectivity index (χ4v) is 3.50. The molecule has 0 fully saturated rings. The Morgan fingerprint density at radius 3 is 2.74 bits per heavy atom. The first-order valence-electron chi connectivity index (χ1n) is 6.84. The summed E-state index contributed by atoms with van der Waals surface area (Å²) >= 11 is 1.02. The van der Waals surface area contributed by atoms with Crippen molar-refractivity contribution < 1.29 is 13.2 Å². The van der Waals surface area contributed by atoms with Gasteiger partial charge in [-0.25, -0.2) is 28.5 Å². The molecule has 0 saturated carbocycles. The van der Waals surface area contributed by atoms with Gasteiger partial charge >= 0.3 is 0 Å². The lowest BCUT2D eigenvalue weighted by Crippen LogP contribution is -1.91. The van der Waals surface area contributed by atoms with Crippen molar-refractivity contribution in [1.82, 2.24) is 15.3 Å². The van der Waals surface area contributed by atoms with Crippen molar-refractivity contribution in [3.05, 3.63) is 58.1 Å². The van der Waals surface area contributed by atoms with Crippen molar-refractivity contribution in [3.63, 3.8) is 0 Å². The van der Waals surface area contributed by atoms with Gasteiger partial charge in [-0.1, -0.05) is 0 Å². The molecule has 3 aromatic rings. The molecule has 0 amide bonds. The number of pyridine rings is 1. The Kier molecular flexibility index (Phi) is 3.12.